The summed E-state index contributed by atoms with van der Waals surface area (Å²) in [6.45, 7) is 1.19. The Kier molecular flexibility index (Phi) is 4.54. The number of hydrogen-bond acceptors (Lipinski definition) is 3. The number of hydrogen-bond donors (Lipinski definition) is 1. The van der Waals surface area contributed by atoms with E-state index < -0.39 is 11.6 Å². The zero-order valence-electron chi connectivity index (χ0n) is 14.5. The van der Waals surface area contributed by atoms with Crippen LogP contribution >= 0.6 is 0 Å². The van der Waals surface area contributed by atoms with Crippen LogP contribution in [0.15, 0.2) is 60.9 Å². The lowest BCUT2D eigenvalue weighted by molar-refractivity contribution is 0.0734. The average Bonchev–Trinajstić information content (AvgIpc) is 2.69. The molecule has 1 aromatic heterocycles. The van der Waals surface area contributed by atoms with Crippen molar-refractivity contribution in [3.05, 3.63) is 89.2 Å². The summed E-state index contributed by atoms with van der Waals surface area (Å²) in [7, 11) is 0. The number of rotatable bonds is 3. The molecule has 0 fully saturated rings. The van der Waals surface area contributed by atoms with Crippen molar-refractivity contribution in [2.45, 2.75) is 13.0 Å². The van der Waals surface area contributed by atoms with E-state index in [0.29, 0.717) is 24.3 Å². The Morgan fingerprint density at radius 1 is 1.04 bits per heavy atom. The Hall–Kier alpha value is -3.28. The second-order valence-corrected chi connectivity index (χ2v) is 6.46. The maximum absolute atomic E-state index is 13.8. The van der Waals surface area contributed by atoms with Crippen molar-refractivity contribution >= 4 is 17.3 Å². The van der Waals surface area contributed by atoms with Crippen LogP contribution in [0.1, 0.15) is 21.5 Å². The first-order valence-electron chi connectivity index (χ1n) is 8.63. The third kappa shape index (κ3) is 3.65. The van der Waals surface area contributed by atoms with E-state index in [1.165, 1.54) is 30.1 Å². The summed E-state index contributed by atoms with van der Waals surface area (Å²) in [5, 5.41) is 2.84. The van der Waals surface area contributed by atoms with Crippen LogP contribution in [0.25, 0.3) is 0 Å². The number of pyridine rings is 1. The van der Waals surface area contributed by atoms with Crippen molar-refractivity contribution in [3.63, 3.8) is 0 Å². The quantitative estimate of drug-likeness (QED) is 0.753. The molecule has 0 saturated carbocycles. The Labute approximate surface area is 155 Å². The summed E-state index contributed by atoms with van der Waals surface area (Å²) < 4.78 is 26.9. The molecular weight excluding hydrogens is 348 g/mol. The third-order valence-corrected chi connectivity index (χ3v) is 4.61. The van der Waals surface area contributed by atoms with Gasteiger partial charge in [-0.25, -0.2) is 8.78 Å². The van der Waals surface area contributed by atoms with Gasteiger partial charge in [0.15, 0.2) is 0 Å². The molecule has 1 N–H and O–H groups in total. The van der Waals surface area contributed by atoms with Crippen LogP contribution in [0.5, 0.6) is 0 Å². The van der Waals surface area contributed by atoms with Gasteiger partial charge in [-0.3, -0.25) is 9.78 Å². The van der Waals surface area contributed by atoms with Crippen molar-refractivity contribution in [1.82, 2.24) is 9.88 Å². The maximum atomic E-state index is 13.8. The zero-order valence-corrected chi connectivity index (χ0v) is 14.5. The topological polar surface area (TPSA) is 45.2 Å². The van der Waals surface area contributed by atoms with Crippen LogP contribution in [-0.4, -0.2) is 22.3 Å². The normalized spacial score (nSPS) is 13.2. The largest absolute Gasteiger partial charge is 0.352 e. The average molecular weight is 365 g/mol. The van der Waals surface area contributed by atoms with Gasteiger partial charge in [-0.15, -0.1) is 0 Å². The maximum Gasteiger partial charge on any atom is 0.255 e. The van der Waals surface area contributed by atoms with Gasteiger partial charge in [-0.2, -0.15) is 0 Å². The number of nitrogens with one attached hydrogen (secondary N) is 1. The lowest BCUT2D eigenvalue weighted by atomic mass is 9.99. The fourth-order valence-corrected chi connectivity index (χ4v) is 3.22. The SMILES string of the molecule is O=C(c1cncc(Nc2ccc(F)cc2F)c1)N1CCc2ccccc2C1. The number of aromatic nitrogens is 1. The second-order valence-electron chi connectivity index (χ2n) is 6.46. The molecule has 1 aliphatic heterocycles. The van der Waals surface area contributed by atoms with E-state index in [1.54, 1.807) is 11.0 Å². The first-order chi connectivity index (χ1) is 13.1. The highest BCUT2D eigenvalue weighted by Gasteiger charge is 2.22. The van der Waals surface area contributed by atoms with E-state index in [2.05, 4.69) is 16.4 Å². The van der Waals surface area contributed by atoms with Gasteiger partial charge in [0.1, 0.15) is 11.6 Å². The molecule has 1 aliphatic rings. The molecule has 6 heteroatoms. The number of carbonyl (C=O) groups excluding carboxylic acids is 1. The molecule has 0 radical (unpaired) electrons. The second kappa shape index (κ2) is 7.15. The molecule has 1 amide bonds. The molecule has 0 spiro atoms. The van der Waals surface area contributed by atoms with Gasteiger partial charge in [0, 0.05) is 25.4 Å². The minimum Gasteiger partial charge on any atom is -0.352 e. The van der Waals surface area contributed by atoms with E-state index >= 15 is 0 Å². The monoisotopic (exact) mass is 365 g/mol. The van der Waals surface area contributed by atoms with Crippen molar-refractivity contribution < 1.29 is 13.6 Å². The Morgan fingerprint density at radius 3 is 2.67 bits per heavy atom. The Bertz CT molecular complexity index is 1010. The molecule has 0 saturated heterocycles. The molecular formula is C21H17F2N3O. The van der Waals surface area contributed by atoms with Gasteiger partial charge in [0.05, 0.1) is 23.1 Å². The summed E-state index contributed by atoms with van der Waals surface area (Å²) in [5.41, 5.74) is 3.41. The molecule has 3 aromatic rings. The molecule has 2 aromatic carbocycles. The summed E-state index contributed by atoms with van der Waals surface area (Å²) in [6, 6.07) is 13.0. The first-order valence-corrected chi connectivity index (χ1v) is 8.63. The van der Waals surface area contributed by atoms with E-state index in [4.69, 9.17) is 0 Å². The van der Waals surface area contributed by atoms with Crippen molar-refractivity contribution in [2.24, 2.45) is 0 Å². The minimum absolute atomic E-state index is 0.120. The fourth-order valence-electron chi connectivity index (χ4n) is 3.22. The summed E-state index contributed by atoms with van der Waals surface area (Å²) in [5.74, 6) is -1.48. The number of nitrogens with zero attached hydrogens (tertiary/aromatic N) is 2. The van der Waals surface area contributed by atoms with Crippen molar-refractivity contribution in [1.29, 1.82) is 0 Å². The molecule has 27 heavy (non-hydrogen) atoms. The van der Waals surface area contributed by atoms with Crippen LogP contribution < -0.4 is 5.32 Å². The molecule has 4 nitrogen and oxygen atoms in total. The van der Waals surface area contributed by atoms with Crippen LogP contribution in [0.3, 0.4) is 0 Å². The lowest BCUT2D eigenvalue weighted by Gasteiger charge is -2.29. The van der Waals surface area contributed by atoms with Gasteiger partial charge >= 0.3 is 0 Å². The standard InChI is InChI=1S/C21H17F2N3O/c22-17-5-6-20(19(23)10-17)25-18-9-16(11-24-12-18)21(27)26-8-7-14-3-1-2-4-15(14)13-26/h1-6,9-12,25H,7-8,13H2. The van der Waals surface area contributed by atoms with Crippen LogP contribution in [-0.2, 0) is 13.0 Å². The lowest BCUT2D eigenvalue weighted by Crippen LogP contribution is -2.36. The van der Waals surface area contributed by atoms with Crippen molar-refractivity contribution in [3.8, 4) is 0 Å². The summed E-state index contributed by atoms with van der Waals surface area (Å²) in [4.78, 5) is 18.7. The number of fused-ring (bicyclic) bond motifs is 1. The predicted octanol–water partition coefficient (Wildman–Crippen LogP) is 4.30. The molecule has 136 valence electrons. The van der Waals surface area contributed by atoms with Gasteiger partial charge in [0.2, 0.25) is 0 Å². The van der Waals surface area contributed by atoms with E-state index in [-0.39, 0.29) is 11.6 Å². The molecule has 4 rings (SSSR count). The summed E-state index contributed by atoms with van der Waals surface area (Å²) >= 11 is 0. The van der Waals surface area contributed by atoms with E-state index in [1.807, 2.05) is 18.2 Å². The van der Waals surface area contributed by atoms with Crippen LogP contribution in [0.2, 0.25) is 0 Å². The smallest absolute Gasteiger partial charge is 0.255 e. The zero-order chi connectivity index (χ0) is 18.8. The first kappa shape index (κ1) is 17.1. The molecule has 0 atom stereocenters. The number of amides is 1. The Morgan fingerprint density at radius 2 is 1.85 bits per heavy atom. The van der Waals surface area contributed by atoms with Gasteiger partial charge in [-0.05, 0) is 35.7 Å². The predicted molar refractivity (Wildman–Crippen MR) is 98.8 cm³/mol. The van der Waals surface area contributed by atoms with Gasteiger partial charge in [0.25, 0.3) is 5.91 Å². The number of anilines is 2. The molecule has 0 aliphatic carbocycles. The third-order valence-electron chi connectivity index (χ3n) is 4.61. The highest BCUT2D eigenvalue weighted by molar-refractivity contribution is 5.95. The summed E-state index contributed by atoms with van der Waals surface area (Å²) in [6.07, 6.45) is 3.80. The minimum atomic E-state index is -0.709. The molecule has 2 heterocycles. The number of carbonyl (C=O) groups is 1. The van der Waals surface area contributed by atoms with Gasteiger partial charge < -0.3 is 10.2 Å². The van der Waals surface area contributed by atoms with Crippen molar-refractivity contribution in [2.75, 3.05) is 11.9 Å². The number of benzene rings is 2. The highest BCUT2D eigenvalue weighted by Crippen LogP contribution is 2.23. The number of halogens is 2. The Balaban J connectivity index is 1.53. The van der Waals surface area contributed by atoms with E-state index in [9.17, 15) is 13.6 Å². The van der Waals surface area contributed by atoms with Crippen LogP contribution in [0, 0.1) is 11.6 Å². The fraction of sp³-hybridized carbons (Fsp3) is 0.143. The molecule has 0 unspecified atom stereocenters. The van der Waals surface area contributed by atoms with E-state index in [0.717, 1.165) is 18.1 Å². The van der Waals surface area contributed by atoms with Crippen LogP contribution in [0.4, 0.5) is 20.2 Å². The highest BCUT2D eigenvalue weighted by atomic mass is 19.1. The molecule has 0 bridgehead atoms. The van der Waals surface area contributed by atoms with Gasteiger partial charge in [-0.1, -0.05) is 24.3 Å².